The zero-order valence-electron chi connectivity index (χ0n) is 31.5. The first-order valence-corrected chi connectivity index (χ1v) is 19.0. The van der Waals surface area contributed by atoms with E-state index in [1.54, 1.807) is 0 Å². The van der Waals surface area contributed by atoms with Crippen molar-refractivity contribution in [2.24, 2.45) is 35.1 Å². The fraction of sp³-hybridized carbons (Fsp3) is 0.318. The molecule has 2 aromatic carbocycles. The summed E-state index contributed by atoms with van der Waals surface area (Å²) in [5.74, 6) is -2.47. The minimum atomic E-state index is -2.68. The Kier molecular flexibility index (Phi) is 9.08. The number of aliphatic hydroxyl groups excluding tert-OH is 4. The first kappa shape index (κ1) is 39.7. The lowest BCUT2D eigenvalue weighted by molar-refractivity contribution is -0.148. The number of Topliss-reactive ketones (excluding diaryl/α,β-unsaturated/α-hetero) is 4. The van der Waals surface area contributed by atoms with Crippen LogP contribution in [0.4, 0.5) is 0 Å². The molecule has 0 heterocycles. The van der Waals surface area contributed by atoms with Crippen molar-refractivity contribution in [3.05, 3.63) is 91.5 Å². The molecule has 12 N–H and O–H groups in total. The second kappa shape index (κ2) is 13.7. The number of primary amides is 2. The third-order valence-corrected chi connectivity index (χ3v) is 12.7. The topological polar surface area (TPSA) is 316 Å². The molecule has 2 amide bonds. The van der Waals surface area contributed by atoms with Crippen LogP contribution in [0.1, 0.15) is 71.9 Å². The number of aromatic hydroxyl groups is 2. The normalized spacial score (nSPS) is 28.0. The standard InChI is InChI=1S/C44H36N2O14/c45-41(57)33-27(49)15-21-11-19-13-23-17(7-9-25(47)31(23)35(51)29(19)37(53)43(21,59)39(33)55)5-3-1-2-4-6-18-8-10-26(48)32-24(18)14-20-12-22-16-28(50)34(42(46)58)40(56)44(22,60)38(54)30(20)36(32)52/h7-10,19-22,47-48,51-52,55-56,59-60H,1-2,11-16H2,(H2,45,57)(H2,46,58)/t19-,20-,21+,22+,43+,44+/m1/s1. The molecule has 0 radical (unpaired) electrons. The van der Waals surface area contributed by atoms with Crippen molar-refractivity contribution < 1.29 is 69.6 Å². The Labute approximate surface area is 339 Å². The highest BCUT2D eigenvalue weighted by Gasteiger charge is 2.62. The predicted molar refractivity (Wildman–Crippen MR) is 206 cm³/mol. The molecule has 0 saturated heterocycles. The van der Waals surface area contributed by atoms with Gasteiger partial charge in [-0.15, -0.1) is 0 Å². The average molecular weight is 817 g/mol. The smallest absolute Gasteiger partial charge is 0.255 e. The quantitative estimate of drug-likeness (QED) is 0.119. The molecule has 6 aliphatic rings. The summed E-state index contributed by atoms with van der Waals surface area (Å²) in [5, 5.41) is 88.7. The summed E-state index contributed by atoms with van der Waals surface area (Å²) in [7, 11) is 0. The van der Waals surface area contributed by atoms with Crippen molar-refractivity contribution >= 4 is 46.5 Å². The van der Waals surface area contributed by atoms with Crippen LogP contribution in [0, 0.1) is 47.4 Å². The van der Waals surface area contributed by atoms with Gasteiger partial charge in [0.05, 0.1) is 11.1 Å². The van der Waals surface area contributed by atoms with Crippen LogP contribution in [0.3, 0.4) is 0 Å². The molecule has 0 spiro atoms. The van der Waals surface area contributed by atoms with E-state index >= 15 is 0 Å². The molecule has 2 saturated carbocycles. The molecule has 60 heavy (non-hydrogen) atoms. The summed E-state index contributed by atoms with van der Waals surface area (Å²) in [4.78, 5) is 76.6. The van der Waals surface area contributed by atoms with E-state index in [-0.39, 0.29) is 72.3 Å². The lowest BCUT2D eigenvalue weighted by Gasteiger charge is -2.46. The van der Waals surface area contributed by atoms with Crippen molar-refractivity contribution in [3.8, 4) is 35.2 Å². The van der Waals surface area contributed by atoms with Gasteiger partial charge >= 0.3 is 0 Å². The number of benzene rings is 2. The lowest BCUT2D eigenvalue weighted by Crippen LogP contribution is -2.58. The van der Waals surface area contributed by atoms with E-state index < -0.39 is 117 Å². The van der Waals surface area contributed by atoms with Crippen LogP contribution in [-0.2, 0) is 41.6 Å². The Bertz CT molecular complexity index is 2550. The van der Waals surface area contributed by atoms with E-state index in [2.05, 4.69) is 23.7 Å². The summed E-state index contributed by atoms with van der Waals surface area (Å²) < 4.78 is 0. The fourth-order valence-electron chi connectivity index (χ4n) is 9.92. The molecule has 306 valence electrons. The number of fused-ring (bicyclic) bond motifs is 6. The summed E-state index contributed by atoms with van der Waals surface area (Å²) in [5.41, 5.74) is 4.34. The maximum absolute atomic E-state index is 13.8. The van der Waals surface area contributed by atoms with Gasteiger partial charge in [0.2, 0.25) is 11.6 Å². The number of ketones is 4. The molecule has 2 aromatic rings. The van der Waals surface area contributed by atoms with Gasteiger partial charge in [0, 0.05) is 59.8 Å². The van der Waals surface area contributed by atoms with Gasteiger partial charge in [-0.1, -0.05) is 23.7 Å². The third kappa shape index (κ3) is 5.48. The molecule has 0 unspecified atom stereocenters. The van der Waals surface area contributed by atoms with E-state index in [0.29, 0.717) is 22.3 Å². The highest BCUT2D eigenvalue weighted by atomic mass is 16.4. The number of unbranched alkanes of at least 4 members (excludes halogenated alkanes) is 1. The number of hydrogen-bond donors (Lipinski definition) is 10. The number of hydrogen-bond acceptors (Lipinski definition) is 14. The number of phenols is 2. The minimum absolute atomic E-state index is 0.0326. The van der Waals surface area contributed by atoms with Crippen LogP contribution in [-0.4, -0.2) is 87.0 Å². The van der Waals surface area contributed by atoms with Crippen molar-refractivity contribution in [2.75, 3.05) is 0 Å². The van der Waals surface area contributed by atoms with Crippen molar-refractivity contribution in [1.29, 1.82) is 0 Å². The molecule has 0 aromatic heterocycles. The predicted octanol–water partition coefficient (Wildman–Crippen LogP) is 1.34. The van der Waals surface area contributed by atoms with E-state index in [0.717, 1.165) is 0 Å². The Morgan fingerprint density at radius 3 is 1.32 bits per heavy atom. The Morgan fingerprint density at radius 2 is 0.967 bits per heavy atom. The highest BCUT2D eigenvalue weighted by molar-refractivity contribution is 6.24. The van der Waals surface area contributed by atoms with E-state index in [1.165, 1.54) is 24.3 Å². The molecule has 8 rings (SSSR count). The summed E-state index contributed by atoms with van der Waals surface area (Å²) in [6.45, 7) is 0. The average Bonchev–Trinajstić information content (AvgIpc) is 3.17. The molecular formula is C44H36N2O14. The van der Waals surface area contributed by atoms with Gasteiger partial charge in [-0.2, -0.15) is 0 Å². The van der Waals surface area contributed by atoms with E-state index in [4.69, 9.17) is 11.5 Å². The van der Waals surface area contributed by atoms with Crippen molar-refractivity contribution in [1.82, 2.24) is 0 Å². The van der Waals surface area contributed by atoms with Crippen LogP contribution in [0.15, 0.2) is 58.1 Å². The molecule has 2 fully saturated rings. The van der Waals surface area contributed by atoms with Crippen molar-refractivity contribution in [3.63, 3.8) is 0 Å². The number of aliphatic hydroxyl groups is 6. The molecule has 6 aliphatic carbocycles. The van der Waals surface area contributed by atoms with Gasteiger partial charge < -0.3 is 52.3 Å². The zero-order valence-corrected chi connectivity index (χ0v) is 31.5. The largest absolute Gasteiger partial charge is 0.508 e. The molecule has 16 nitrogen and oxygen atoms in total. The van der Waals surface area contributed by atoms with Crippen LogP contribution in [0.25, 0.3) is 11.5 Å². The Morgan fingerprint density at radius 1 is 0.600 bits per heavy atom. The monoisotopic (exact) mass is 816 g/mol. The van der Waals surface area contributed by atoms with Gasteiger partial charge in [-0.05, 0) is 72.9 Å². The summed E-state index contributed by atoms with van der Waals surface area (Å²) >= 11 is 0. The number of carbonyl (C=O) groups is 6. The second-order valence-electron chi connectivity index (χ2n) is 15.9. The minimum Gasteiger partial charge on any atom is -0.508 e. The summed E-state index contributed by atoms with van der Waals surface area (Å²) in [6.07, 6.45) is -0.337. The number of amides is 2. The van der Waals surface area contributed by atoms with E-state index in [9.17, 15) is 69.6 Å². The van der Waals surface area contributed by atoms with Crippen LogP contribution < -0.4 is 11.5 Å². The van der Waals surface area contributed by atoms with Gasteiger partial charge in [-0.25, -0.2) is 0 Å². The van der Waals surface area contributed by atoms with Gasteiger partial charge in [-0.3, -0.25) is 28.8 Å². The fourth-order valence-corrected chi connectivity index (χ4v) is 9.92. The third-order valence-electron chi connectivity index (χ3n) is 12.7. The maximum atomic E-state index is 13.8. The van der Waals surface area contributed by atoms with Crippen molar-refractivity contribution in [2.45, 2.75) is 62.6 Å². The van der Waals surface area contributed by atoms with E-state index in [1.807, 2.05) is 0 Å². The van der Waals surface area contributed by atoms with Gasteiger partial charge in [0.15, 0.2) is 22.8 Å². The highest BCUT2D eigenvalue weighted by Crippen LogP contribution is 2.54. The first-order valence-electron chi connectivity index (χ1n) is 19.0. The molecule has 16 heteroatoms. The van der Waals surface area contributed by atoms with Crippen LogP contribution in [0.2, 0.25) is 0 Å². The molecule has 0 aliphatic heterocycles. The molecule has 0 bridgehead atoms. The van der Waals surface area contributed by atoms with Gasteiger partial charge in [0.1, 0.15) is 45.7 Å². The second-order valence-corrected chi connectivity index (χ2v) is 15.9. The number of rotatable bonds is 3. The van der Waals surface area contributed by atoms with Gasteiger partial charge in [0.25, 0.3) is 11.8 Å². The number of phenolic OH excluding ortho intramolecular Hbond substituents is 2. The molecular weight excluding hydrogens is 780 g/mol. The SMILES string of the molecule is NC(=O)C1=C(O)[C@@]2(O)C(=O)C3=C(O)c4c(O)ccc(C#CCCC#Cc5ccc(O)c6c5C[C@H]5C[C@H]7CC(=O)C(C(N)=O)=C(O)[C@@]7(O)C(=O)C5=C6O)c4C[C@H]3C[C@H]2CC1=O. The maximum Gasteiger partial charge on any atom is 0.255 e. The zero-order chi connectivity index (χ0) is 43.3. The Hall–Kier alpha value is -7.14. The first-order chi connectivity index (χ1) is 28.3. The lowest BCUT2D eigenvalue weighted by atomic mass is 9.59. The van der Waals surface area contributed by atoms with Crippen LogP contribution >= 0.6 is 0 Å². The van der Waals surface area contributed by atoms with Crippen LogP contribution in [0.5, 0.6) is 11.5 Å². The number of nitrogens with two attached hydrogens (primary N) is 2. The number of carbonyl (C=O) groups excluding carboxylic acids is 6. The molecule has 6 atom stereocenters. The Balaban J connectivity index is 1.04. The summed E-state index contributed by atoms with van der Waals surface area (Å²) in [6, 6.07) is 5.63.